The highest BCUT2D eigenvalue weighted by Crippen LogP contribution is 2.26. The van der Waals surface area contributed by atoms with Gasteiger partial charge < -0.3 is 15.0 Å². The van der Waals surface area contributed by atoms with Crippen molar-refractivity contribution in [3.8, 4) is 5.75 Å². The summed E-state index contributed by atoms with van der Waals surface area (Å²) in [4.78, 5) is 28.5. The van der Waals surface area contributed by atoms with E-state index in [-0.39, 0.29) is 24.5 Å². The molecule has 154 valence electrons. The van der Waals surface area contributed by atoms with Crippen molar-refractivity contribution in [2.75, 3.05) is 50.6 Å². The van der Waals surface area contributed by atoms with E-state index in [1.54, 1.807) is 38.4 Å². The second-order valence-electron chi connectivity index (χ2n) is 7.05. The predicted molar refractivity (Wildman–Crippen MR) is 117 cm³/mol. The van der Waals surface area contributed by atoms with Gasteiger partial charge in [0.05, 0.1) is 0 Å². The maximum atomic E-state index is 13.1. The average molecular weight is 414 g/mol. The third kappa shape index (κ3) is 5.98. The fourth-order valence-electron chi connectivity index (χ4n) is 3.12. The number of carbonyl (C=O) groups excluding carboxylic acids is 2. The fraction of sp³-hybridized carbons (Fsp3) is 0.364. The number of benzene rings is 2. The number of ether oxygens (including phenoxy) is 1. The smallest absolute Gasteiger partial charge is 0.259 e. The Morgan fingerprint density at radius 3 is 2.34 bits per heavy atom. The number of rotatable bonds is 7. The van der Waals surface area contributed by atoms with Crippen molar-refractivity contribution in [2.24, 2.45) is 0 Å². The van der Waals surface area contributed by atoms with E-state index in [4.69, 9.17) is 4.74 Å². The Morgan fingerprint density at radius 2 is 1.72 bits per heavy atom. The Hall–Kier alpha value is -2.51. The average Bonchev–Trinajstić information content (AvgIpc) is 2.74. The number of hydrogen-bond donors (Lipinski definition) is 1. The molecule has 1 unspecified atom stereocenters. The van der Waals surface area contributed by atoms with Crippen LogP contribution in [-0.2, 0) is 9.59 Å². The normalized spacial score (nSPS) is 15.4. The maximum Gasteiger partial charge on any atom is 0.259 e. The second kappa shape index (κ2) is 10.3. The van der Waals surface area contributed by atoms with Crippen molar-refractivity contribution in [3.05, 3.63) is 60.2 Å². The first-order chi connectivity index (χ1) is 14.0. The molecule has 3 rings (SSSR count). The highest BCUT2D eigenvalue weighted by Gasteiger charge is 2.28. The molecule has 1 fully saturated rings. The summed E-state index contributed by atoms with van der Waals surface area (Å²) in [6.45, 7) is 1.77. The zero-order valence-electron chi connectivity index (χ0n) is 16.8. The highest BCUT2D eigenvalue weighted by molar-refractivity contribution is 7.99. The highest BCUT2D eigenvalue weighted by atomic mass is 32.2. The lowest BCUT2D eigenvalue weighted by molar-refractivity contribution is -0.130. The van der Waals surface area contributed by atoms with E-state index >= 15 is 0 Å². The van der Waals surface area contributed by atoms with Gasteiger partial charge in [-0.2, -0.15) is 11.8 Å². The zero-order valence-corrected chi connectivity index (χ0v) is 17.7. The van der Waals surface area contributed by atoms with Crippen LogP contribution in [-0.4, -0.2) is 66.9 Å². The zero-order chi connectivity index (χ0) is 20.6. The van der Waals surface area contributed by atoms with Crippen LogP contribution < -0.4 is 10.1 Å². The van der Waals surface area contributed by atoms with Gasteiger partial charge in [0, 0.05) is 44.4 Å². The number of anilines is 1. The number of hydrogen-bond acceptors (Lipinski definition) is 5. The van der Waals surface area contributed by atoms with Crippen molar-refractivity contribution in [3.63, 3.8) is 0 Å². The lowest BCUT2D eigenvalue weighted by atomic mass is 10.0. The molecule has 2 aromatic carbocycles. The largest absolute Gasteiger partial charge is 0.484 e. The Bertz CT molecular complexity index is 806. The molecule has 0 aliphatic carbocycles. The van der Waals surface area contributed by atoms with E-state index in [2.05, 4.69) is 10.2 Å². The molecule has 29 heavy (non-hydrogen) atoms. The van der Waals surface area contributed by atoms with Crippen LogP contribution in [0.3, 0.4) is 0 Å². The SMILES string of the molecule is CN(C)C(=O)COc1ccc(NC(=O)C(c2ccccc2)N2CCSCC2)cc1. The van der Waals surface area contributed by atoms with Crippen molar-refractivity contribution >= 4 is 29.3 Å². The topological polar surface area (TPSA) is 61.9 Å². The van der Waals surface area contributed by atoms with Crippen LogP contribution in [0.1, 0.15) is 11.6 Å². The summed E-state index contributed by atoms with van der Waals surface area (Å²) in [5.41, 5.74) is 1.70. The number of thioether (sulfide) groups is 1. The molecule has 1 heterocycles. The lowest BCUT2D eigenvalue weighted by Gasteiger charge is -2.33. The van der Waals surface area contributed by atoms with Crippen LogP contribution in [0, 0.1) is 0 Å². The molecule has 0 aromatic heterocycles. The summed E-state index contributed by atoms with van der Waals surface area (Å²) in [7, 11) is 3.38. The first kappa shape index (κ1) is 21.2. The van der Waals surface area contributed by atoms with Crippen LogP contribution in [0.25, 0.3) is 0 Å². The van der Waals surface area contributed by atoms with Gasteiger partial charge in [0.2, 0.25) is 5.91 Å². The minimum Gasteiger partial charge on any atom is -0.484 e. The minimum atomic E-state index is -0.314. The second-order valence-corrected chi connectivity index (χ2v) is 8.28. The van der Waals surface area contributed by atoms with E-state index in [1.165, 1.54) is 4.90 Å². The molecule has 2 aromatic rings. The van der Waals surface area contributed by atoms with Gasteiger partial charge in [-0.1, -0.05) is 30.3 Å². The number of nitrogens with zero attached hydrogens (tertiary/aromatic N) is 2. The van der Waals surface area contributed by atoms with Gasteiger partial charge in [0.25, 0.3) is 5.91 Å². The summed E-state index contributed by atoms with van der Waals surface area (Å²) in [5.74, 6) is 2.51. The standard InChI is InChI=1S/C22H27N3O3S/c1-24(2)20(26)16-28-19-10-8-18(9-11-19)23-22(27)21(17-6-4-3-5-7-17)25-12-14-29-15-13-25/h3-11,21H,12-16H2,1-2H3,(H,23,27). The van der Waals surface area contributed by atoms with Crippen molar-refractivity contribution in [1.82, 2.24) is 9.80 Å². The quantitative estimate of drug-likeness (QED) is 0.756. The predicted octanol–water partition coefficient (Wildman–Crippen LogP) is 2.88. The molecule has 0 radical (unpaired) electrons. The van der Waals surface area contributed by atoms with Crippen LogP contribution in [0.15, 0.2) is 54.6 Å². The molecule has 2 amide bonds. The van der Waals surface area contributed by atoms with E-state index in [0.29, 0.717) is 11.4 Å². The summed E-state index contributed by atoms with van der Waals surface area (Å²) in [6, 6.07) is 16.7. The van der Waals surface area contributed by atoms with E-state index in [9.17, 15) is 9.59 Å². The molecule has 7 heteroatoms. The van der Waals surface area contributed by atoms with E-state index in [1.807, 2.05) is 42.1 Å². The maximum absolute atomic E-state index is 13.1. The molecular formula is C22H27N3O3S. The van der Waals surface area contributed by atoms with Crippen LogP contribution in [0.2, 0.25) is 0 Å². The molecule has 1 atom stereocenters. The Labute approximate surface area is 176 Å². The summed E-state index contributed by atoms with van der Waals surface area (Å²) in [6.07, 6.45) is 0. The van der Waals surface area contributed by atoms with Gasteiger partial charge in [-0.05, 0) is 29.8 Å². The summed E-state index contributed by atoms with van der Waals surface area (Å²) in [5, 5.41) is 3.03. The molecule has 0 bridgehead atoms. The number of likely N-dealkylation sites (N-methyl/N-ethyl adjacent to an activating group) is 1. The molecular weight excluding hydrogens is 386 g/mol. The molecule has 1 aliphatic heterocycles. The third-order valence-corrected chi connectivity index (χ3v) is 5.70. The fourth-order valence-corrected chi connectivity index (χ4v) is 4.05. The number of nitrogens with one attached hydrogen (secondary N) is 1. The Balaban J connectivity index is 1.66. The van der Waals surface area contributed by atoms with Crippen molar-refractivity contribution < 1.29 is 14.3 Å². The van der Waals surface area contributed by atoms with Gasteiger partial charge in [-0.3, -0.25) is 14.5 Å². The minimum absolute atomic E-state index is 0.0121. The van der Waals surface area contributed by atoms with Crippen LogP contribution >= 0.6 is 11.8 Å². The van der Waals surface area contributed by atoms with Crippen molar-refractivity contribution in [1.29, 1.82) is 0 Å². The number of amides is 2. The molecule has 1 aliphatic rings. The third-order valence-electron chi connectivity index (χ3n) is 4.76. The summed E-state index contributed by atoms with van der Waals surface area (Å²) < 4.78 is 5.49. The van der Waals surface area contributed by atoms with E-state index in [0.717, 1.165) is 30.2 Å². The Morgan fingerprint density at radius 1 is 1.07 bits per heavy atom. The summed E-state index contributed by atoms with van der Waals surface area (Å²) >= 11 is 1.92. The molecule has 6 nitrogen and oxygen atoms in total. The molecule has 1 saturated heterocycles. The monoisotopic (exact) mass is 413 g/mol. The first-order valence-corrected chi connectivity index (χ1v) is 10.8. The van der Waals surface area contributed by atoms with Gasteiger partial charge in [0.15, 0.2) is 6.61 Å². The first-order valence-electron chi connectivity index (χ1n) is 9.65. The van der Waals surface area contributed by atoms with Gasteiger partial charge in [-0.25, -0.2) is 0 Å². The van der Waals surface area contributed by atoms with Gasteiger partial charge in [0.1, 0.15) is 11.8 Å². The number of carbonyl (C=O) groups is 2. The molecule has 0 saturated carbocycles. The molecule has 1 N–H and O–H groups in total. The van der Waals surface area contributed by atoms with Crippen LogP contribution in [0.5, 0.6) is 5.75 Å². The molecule has 0 spiro atoms. The Kier molecular flexibility index (Phi) is 7.55. The van der Waals surface area contributed by atoms with Gasteiger partial charge in [-0.15, -0.1) is 0 Å². The van der Waals surface area contributed by atoms with E-state index < -0.39 is 0 Å². The van der Waals surface area contributed by atoms with Gasteiger partial charge >= 0.3 is 0 Å². The van der Waals surface area contributed by atoms with Crippen LogP contribution in [0.4, 0.5) is 5.69 Å². The lowest BCUT2D eigenvalue weighted by Crippen LogP contribution is -2.41. The van der Waals surface area contributed by atoms with Crippen molar-refractivity contribution in [2.45, 2.75) is 6.04 Å².